The van der Waals surface area contributed by atoms with E-state index in [1.807, 2.05) is 24.3 Å². The third kappa shape index (κ3) is 2.90. The molecule has 2 aromatic rings. The molecular weight excluding hydrogens is 452 g/mol. The molecule has 0 aliphatic carbocycles. The number of hydrogen-bond donors (Lipinski definition) is 0. The number of hydrogen-bond acceptors (Lipinski definition) is 2. The van der Waals surface area contributed by atoms with Gasteiger partial charge in [0.25, 0.3) is 0 Å². The number of halogens is 3. The van der Waals surface area contributed by atoms with Crippen LogP contribution in [-0.4, -0.2) is 13.2 Å². The quantitative estimate of drug-likeness (QED) is 0.551. The van der Waals surface area contributed by atoms with Crippen LogP contribution in [0.5, 0.6) is 11.5 Å². The molecule has 5 heteroatoms. The fraction of sp³-hybridized carbons (Fsp3) is 0.200. The molecule has 1 atom stereocenters. The van der Waals surface area contributed by atoms with Gasteiger partial charge in [0.05, 0.1) is 4.83 Å². The topological polar surface area (TPSA) is 18.5 Å². The van der Waals surface area contributed by atoms with Crippen LogP contribution < -0.4 is 9.47 Å². The lowest BCUT2D eigenvalue weighted by molar-refractivity contribution is 0.171. The summed E-state index contributed by atoms with van der Waals surface area (Å²) in [6.07, 6.45) is 0. The number of alkyl halides is 1. The summed E-state index contributed by atoms with van der Waals surface area (Å²) >= 11 is 10.8. The molecule has 2 nitrogen and oxygen atoms in total. The fourth-order valence-corrected chi connectivity index (χ4v) is 4.37. The largest absolute Gasteiger partial charge is 0.486 e. The van der Waals surface area contributed by atoms with E-state index in [9.17, 15) is 0 Å². The summed E-state index contributed by atoms with van der Waals surface area (Å²) in [6, 6.07) is 12.2. The molecule has 0 bridgehead atoms. The van der Waals surface area contributed by atoms with Crippen molar-refractivity contribution in [3.8, 4) is 11.5 Å². The van der Waals surface area contributed by atoms with Crippen molar-refractivity contribution in [2.45, 2.75) is 4.83 Å². The van der Waals surface area contributed by atoms with E-state index < -0.39 is 0 Å². The van der Waals surface area contributed by atoms with E-state index in [0.29, 0.717) is 13.2 Å². The second kappa shape index (κ2) is 6.08. The zero-order valence-electron chi connectivity index (χ0n) is 10.4. The van der Waals surface area contributed by atoms with E-state index in [1.54, 1.807) is 0 Å². The summed E-state index contributed by atoms with van der Waals surface area (Å²) in [4.78, 5) is 0.0980. The standard InChI is InChI=1S/C15H11Br3O2/c16-10-2-3-11(12(17)8-10)15(18)9-1-4-13-14(7-9)20-6-5-19-13/h1-4,7-8,15H,5-6H2. The van der Waals surface area contributed by atoms with Gasteiger partial charge in [-0.1, -0.05) is 59.9 Å². The zero-order valence-corrected chi connectivity index (χ0v) is 15.2. The average Bonchev–Trinajstić information content (AvgIpc) is 2.46. The van der Waals surface area contributed by atoms with Crippen LogP contribution in [0.1, 0.15) is 16.0 Å². The van der Waals surface area contributed by atoms with E-state index in [-0.39, 0.29) is 4.83 Å². The summed E-state index contributed by atoms with van der Waals surface area (Å²) in [5, 5.41) is 0. The van der Waals surface area contributed by atoms with Crippen molar-refractivity contribution >= 4 is 47.8 Å². The summed E-state index contributed by atoms with van der Waals surface area (Å²) in [7, 11) is 0. The molecule has 1 aliphatic rings. The minimum absolute atomic E-state index is 0.0980. The summed E-state index contributed by atoms with van der Waals surface area (Å²) < 4.78 is 13.3. The van der Waals surface area contributed by atoms with Crippen molar-refractivity contribution < 1.29 is 9.47 Å². The Morgan fingerprint density at radius 2 is 1.65 bits per heavy atom. The Balaban J connectivity index is 1.95. The molecule has 1 aliphatic heterocycles. The molecule has 0 radical (unpaired) electrons. The molecule has 0 amide bonds. The van der Waals surface area contributed by atoms with Crippen LogP contribution >= 0.6 is 47.8 Å². The van der Waals surface area contributed by atoms with Crippen LogP contribution in [0, 0.1) is 0 Å². The molecule has 0 N–H and O–H groups in total. The molecule has 2 aromatic carbocycles. The van der Waals surface area contributed by atoms with Gasteiger partial charge in [0.15, 0.2) is 11.5 Å². The van der Waals surface area contributed by atoms with Crippen molar-refractivity contribution in [2.75, 3.05) is 13.2 Å². The monoisotopic (exact) mass is 460 g/mol. The molecule has 0 saturated carbocycles. The number of ether oxygens (including phenoxy) is 2. The van der Waals surface area contributed by atoms with Gasteiger partial charge < -0.3 is 9.47 Å². The van der Waals surface area contributed by atoms with Crippen molar-refractivity contribution in [1.82, 2.24) is 0 Å². The highest BCUT2D eigenvalue weighted by atomic mass is 79.9. The first-order valence-electron chi connectivity index (χ1n) is 6.14. The second-order valence-electron chi connectivity index (χ2n) is 4.43. The molecule has 0 fully saturated rings. The van der Waals surface area contributed by atoms with Gasteiger partial charge in [0, 0.05) is 8.95 Å². The minimum atomic E-state index is 0.0980. The van der Waals surface area contributed by atoms with Crippen molar-refractivity contribution in [2.24, 2.45) is 0 Å². The van der Waals surface area contributed by atoms with Crippen LogP contribution in [-0.2, 0) is 0 Å². The molecule has 0 aromatic heterocycles. The Labute approximate surface area is 142 Å². The van der Waals surface area contributed by atoms with Crippen molar-refractivity contribution in [3.63, 3.8) is 0 Å². The first-order valence-corrected chi connectivity index (χ1v) is 8.64. The minimum Gasteiger partial charge on any atom is -0.486 e. The van der Waals surface area contributed by atoms with Gasteiger partial charge in [-0.15, -0.1) is 0 Å². The van der Waals surface area contributed by atoms with Crippen LogP contribution in [0.3, 0.4) is 0 Å². The maximum atomic E-state index is 5.63. The third-order valence-corrected chi connectivity index (χ3v) is 5.30. The van der Waals surface area contributed by atoms with Crippen molar-refractivity contribution in [3.05, 3.63) is 56.5 Å². The molecule has 104 valence electrons. The first kappa shape index (κ1) is 14.4. The first-order chi connectivity index (χ1) is 9.65. The van der Waals surface area contributed by atoms with Crippen LogP contribution in [0.15, 0.2) is 45.3 Å². The number of benzene rings is 2. The zero-order chi connectivity index (χ0) is 14.1. The lowest BCUT2D eigenvalue weighted by Gasteiger charge is -2.20. The molecule has 3 rings (SSSR count). The van der Waals surface area contributed by atoms with Crippen molar-refractivity contribution in [1.29, 1.82) is 0 Å². The molecule has 0 spiro atoms. The van der Waals surface area contributed by atoms with Crippen LogP contribution in [0.2, 0.25) is 0 Å². The van der Waals surface area contributed by atoms with Gasteiger partial charge in [-0.2, -0.15) is 0 Å². The van der Waals surface area contributed by atoms with E-state index >= 15 is 0 Å². The Morgan fingerprint density at radius 3 is 2.40 bits per heavy atom. The van der Waals surface area contributed by atoms with Gasteiger partial charge >= 0.3 is 0 Å². The Kier molecular flexibility index (Phi) is 4.38. The lowest BCUT2D eigenvalue weighted by Crippen LogP contribution is -2.15. The van der Waals surface area contributed by atoms with Gasteiger partial charge in [-0.3, -0.25) is 0 Å². The van der Waals surface area contributed by atoms with E-state index in [2.05, 4.69) is 59.9 Å². The van der Waals surface area contributed by atoms with E-state index in [4.69, 9.17) is 9.47 Å². The molecular formula is C15H11Br3O2. The fourth-order valence-electron chi connectivity index (χ4n) is 2.10. The lowest BCUT2D eigenvalue weighted by atomic mass is 10.0. The Bertz CT molecular complexity index is 643. The predicted molar refractivity (Wildman–Crippen MR) is 90.0 cm³/mol. The van der Waals surface area contributed by atoms with E-state index in [1.165, 1.54) is 5.56 Å². The highest BCUT2D eigenvalue weighted by molar-refractivity contribution is 9.11. The summed E-state index contributed by atoms with van der Waals surface area (Å²) in [5.41, 5.74) is 2.31. The number of rotatable bonds is 2. The molecule has 1 unspecified atom stereocenters. The Morgan fingerprint density at radius 1 is 0.900 bits per heavy atom. The van der Waals surface area contributed by atoms with Gasteiger partial charge in [-0.25, -0.2) is 0 Å². The van der Waals surface area contributed by atoms with Gasteiger partial charge in [0.1, 0.15) is 13.2 Å². The molecule has 1 heterocycles. The maximum absolute atomic E-state index is 5.63. The summed E-state index contributed by atoms with van der Waals surface area (Å²) in [5.74, 6) is 1.63. The second-order valence-corrected chi connectivity index (χ2v) is 7.12. The van der Waals surface area contributed by atoms with Gasteiger partial charge in [-0.05, 0) is 35.4 Å². The molecule has 20 heavy (non-hydrogen) atoms. The molecule has 0 saturated heterocycles. The number of fused-ring (bicyclic) bond motifs is 1. The van der Waals surface area contributed by atoms with Crippen LogP contribution in [0.4, 0.5) is 0 Å². The summed E-state index contributed by atoms with van der Waals surface area (Å²) in [6.45, 7) is 1.22. The predicted octanol–water partition coefficient (Wildman–Crippen LogP) is 5.47. The van der Waals surface area contributed by atoms with Gasteiger partial charge in [0.2, 0.25) is 0 Å². The normalized spacial score (nSPS) is 14.9. The van der Waals surface area contributed by atoms with E-state index in [0.717, 1.165) is 26.0 Å². The smallest absolute Gasteiger partial charge is 0.161 e. The third-order valence-electron chi connectivity index (χ3n) is 3.09. The Hall–Kier alpha value is -0.520. The highest BCUT2D eigenvalue weighted by Crippen LogP contribution is 2.40. The van der Waals surface area contributed by atoms with Crippen LogP contribution in [0.25, 0.3) is 0 Å². The maximum Gasteiger partial charge on any atom is 0.161 e. The highest BCUT2D eigenvalue weighted by Gasteiger charge is 2.18. The average molecular weight is 463 g/mol. The SMILES string of the molecule is Brc1ccc(C(Br)c2ccc3c(c2)OCCO3)c(Br)c1.